The van der Waals surface area contributed by atoms with E-state index in [9.17, 15) is 4.39 Å². The number of aryl methyl sites for hydroxylation is 1. The summed E-state index contributed by atoms with van der Waals surface area (Å²) in [5.41, 5.74) is 1.89. The molecular weight excluding hydrogens is 279 g/mol. The van der Waals surface area contributed by atoms with Gasteiger partial charge in [0.25, 0.3) is 0 Å². The van der Waals surface area contributed by atoms with Gasteiger partial charge in [-0.05, 0) is 60.3 Å². The smallest absolute Gasteiger partial charge is 0.145 e. The molecule has 1 aromatic carbocycles. The first-order valence-electron chi connectivity index (χ1n) is 6.92. The maximum atomic E-state index is 13.8. The van der Waals surface area contributed by atoms with Gasteiger partial charge < -0.3 is 0 Å². The van der Waals surface area contributed by atoms with E-state index in [1.807, 2.05) is 31.7 Å². The SMILES string of the molecule is CSC[C@H](C)CCCc1cc(Cl)c(F)c(C(C)C)c1. The van der Waals surface area contributed by atoms with Crippen LogP contribution in [0.25, 0.3) is 0 Å². The second-order valence-corrected chi connectivity index (χ2v) is 6.91. The van der Waals surface area contributed by atoms with Gasteiger partial charge in [0, 0.05) is 0 Å². The molecule has 0 N–H and O–H groups in total. The molecule has 1 rings (SSSR count). The second kappa shape index (κ2) is 8.16. The van der Waals surface area contributed by atoms with Crippen molar-refractivity contribution in [2.45, 2.75) is 46.0 Å². The highest BCUT2D eigenvalue weighted by Gasteiger charge is 2.12. The van der Waals surface area contributed by atoms with Crippen LogP contribution in [-0.4, -0.2) is 12.0 Å². The minimum atomic E-state index is -0.254. The minimum absolute atomic E-state index is 0.174. The standard InChI is InChI=1S/C16H24ClFS/c1-11(2)14-8-13(9-15(17)16(14)18)7-5-6-12(3)10-19-4/h8-9,11-12H,5-7,10H2,1-4H3/t12-/m1/s1. The Bertz CT molecular complexity index is 404. The summed E-state index contributed by atoms with van der Waals surface area (Å²) < 4.78 is 13.8. The van der Waals surface area contributed by atoms with Gasteiger partial charge in [0.1, 0.15) is 5.82 Å². The Kier molecular flexibility index (Phi) is 7.23. The largest absolute Gasteiger partial charge is 0.205 e. The fourth-order valence-electron chi connectivity index (χ4n) is 2.26. The maximum Gasteiger partial charge on any atom is 0.145 e. The Morgan fingerprint density at radius 1 is 1.26 bits per heavy atom. The molecule has 0 radical (unpaired) electrons. The number of thioether (sulfide) groups is 1. The van der Waals surface area contributed by atoms with Crippen molar-refractivity contribution in [1.29, 1.82) is 0 Å². The Balaban J connectivity index is 2.64. The highest BCUT2D eigenvalue weighted by Crippen LogP contribution is 2.27. The van der Waals surface area contributed by atoms with Crippen molar-refractivity contribution in [2.75, 3.05) is 12.0 Å². The normalized spacial score (nSPS) is 13.0. The van der Waals surface area contributed by atoms with E-state index >= 15 is 0 Å². The van der Waals surface area contributed by atoms with Gasteiger partial charge in [-0.3, -0.25) is 0 Å². The molecule has 0 aliphatic carbocycles. The first-order valence-corrected chi connectivity index (χ1v) is 8.69. The van der Waals surface area contributed by atoms with E-state index in [0.717, 1.165) is 29.9 Å². The van der Waals surface area contributed by atoms with Crippen LogP contribution < -0.4 is 0 Å². The van der Waals surface area contributed by atoms with Gasteiger partial charge in [-0.1, -0.05) is 38.4 Å². The summed E-state index contributed by atoms with van der Waals surface area (Å²) in [7, 11) is 0. The van der Waals surface area contributed by atoms with Gasteiger partial charge in [-0.2, -0.15) is 11.8 Å². The van der Waals surface area contributed by atoms with Crippen molar-refractivity contribution in [3.8, 4) is 0 Å². The van der Waals surface area contributed by atoms with Crippen molar-refractivity contribution in [3.63, 3.8) is 0 Å². The topological polar surface area (TPSA) is 0 Å². The third-order valence-electron chi connectivity index (χ3n) is 3.35. The Labute approximate surface area is 126 Å². The van der Waals surface area contributed by atoms with Crippen LogP contribution in [0.4, 0.5) is 4.39 Å². The summed E-state index contributed by atoms with van der Waals surface area (Å²) in [5, 5.41) is 0.262. The third-order valence-corrected chi connectivity index (χ3v) is 4.53. The van der Waals surface area contributed by atoms with E-state index in [2.05, 4.69) is 13.2 Å². The number of hydrogen-bond donors (Lipinski definition) is 0. The lowest BCUT2D eigenvalue weighted by molar-refractivity contribution is 0.562. The quantitative estimate of drug-likeness (QED) is 0.602. The third kappa shape index (κ3) is 5.35. The first-order chi connectivity index (χ1) is 8.95. The molecule has 0 fully saturated rings. The molecule has 0 aliphatic rings. The van der Waals surface area contributed by atoms with E-state index in [1.54, 1.807) is 6.07 Å². The van der Waals surface area contributed by atoms with E-state index < -0.39 is 0 Å². The zero-order chi connectivity index (χ0) is 14.4. The van der Waals surface area contributed by atoms with E-state index in [0.29, 0.717) is 0 Å². The summed E-state index contributed by atoms with van der Waals surface area (Å²) in [6, 6.07) is 3.76. The molecule has 0 unspecified atom stereocenters. The Morgan fingerprint density at radius 2 is 1.95 bits per heavy atom. The molecule has 0 bridgehead atoms. The van der Waals surface area contributed by atoms with E-state index in [-0.39, 0.29) is 16.8 Å². The number of halogens is 2. The summed E-state index contributed by atoms with van der Waals surface area (Å²) in [4.78, 5) is 0. The average molecular weight is 303 g/mol. The van der Waals surface area contributed by atoms with Crippen molar-refractivity contribution >= 4 is 23.4 Å². The van der Waals surface area contributed by atoms with Gasteiger partial charge in [-0.25, -0.2) is 4.39 Å². The predicted molar refractivity (Wildman–Crippen MR) is 86.0 cm³/mol. The fourth-order valence-corrected chi connectivity index (χ4v) is 3.24. The Morgan fingerprint density at radius 3 is 2.53 bits per heavy atom. The van der Waals surface area contributed by atoms with Gasteiger partial charge in [0.2, 0.25) is 0 Å². The van der Waals surface area contributed by atoms with Crippen molar-refractivity contribution < 1.29 is 4.39 Å². The van der Waals surface area contributed by atoms with Crippen LogP contribution in [0.1, 0.15) is 50.7 Å². The van der Waals surface area contributed by atoms with Crippen molar-refractivity contribution in [1.82, 2.24) is 0 Å². The molecule has 0 saturated heterocycles. The van der Waals surface area contributed by atoms with Gasteiger partial charge >= 0.3 is 0 Å². The van der Waals surface area contributed by atoms with Crippen molar-refractivity contribution in [2.24, 2.45) is 5.92 Å². The van der Waals surface area contributed by atoms with Crippen LogP contribution in [0.5, 0.6) is 0 Å². The molecule has 0 saturated carbocycles. The summed E-state index contributed by atoms with van der Waals surface area (Å²) >= 11 is 7.87. The van der Waals surface area contributed by atoms with Gasteiger partial charge in [0.15, 0.2) is 0 Å². The van der Waals surface area contributed by atoms with E-state index in [1.165, 1.54) is 12.2 Å². The summed E-state index contributed by atoms with van der Waals surface area (Å²) in [5.74, 6) is 1.88. The summed E-state index contributed by atoms with van der Waals surface area (Å²) in [6.45, 7) is 6.28. The number of benzene rings is 1. The molecule has 3 heteroatoms. The minimum Gasteiger partial charge on any atom is -0.205 e. The van der Waals surface area contributed by atoms with Gasteiger partial charge in [-0.15, -0.1) is 0 Å². The van der Waals surface area contributed by atoms with E-state index in [4.69, 9.17) is 11.6 Å². The lowest BCUT2D eigenvalue weighted by Gasteiger charge is -2.13. The van der Waals surface area contributed by atoms with Crippen LogP contribution in [0.15, 0.2) is 12.1 Å². The summed E-state index contributed by atoms with van der Waals surface area (Å²) in [6.07, 6.45) is 5.48. The zero-order valence-electron chi connectivity index (χ0n) is 12.3. The van der Waals surface area contributed by atoms with Crippen molar-refractivity contribution in [3.05, 3.63) is 34.1 Å². The first kappa shape index (κ1) is 16.8. The van der Waals surface area contributed by atoms with Crippen LogP contribution in [-0.2, 0) is 6.42 Å². The molecular formula is C16H24ClFS. The van der Waals surface area contributed by atoms with Crippen LogP contribution in [0, 0.1) is 11.7 Å². The Hall–Kier alpha value is -0.210. The predicted octanol–water partition coefficient (Wildman–Crippen LogP) is 5.92. The maximum absolute atomic E-state index is 13.8. The molecule has 0 heterocycles. The highest BCUT2D eigenvalue weighted by atomic mass is 35.5. The lowest BCUT2D eigenvalue weighted by atomic mass is 9.96. The van der Waals surface area contributed by atoms with Crippen LogP contribution in [0.2, 0.25) is 5.02 Å². The molecule has 0 amide bonds. The molecule has 1 aromatic rings. The van der Waals surface area contributed by atoms with Crippen LogP contribution >= 0.6 is 23.4 Å². The molecule has 0 spiro atoms. The number of rotatable bonds is 7. The van der Waals surface area contributed by atoms with Crippen LogP contribution in [0.3, 0.4) is 0 Å². The zero-order valence-corrected chi connectivity index (χ0v) is 13.9. The molecule has 0 aromatic heterocycles. The molecule has 108 valence electrons. The second-order valence-electron chi connectivity index (χ2n) is 5.59. The monoisotopic (exact) mass is 302 g/mol. The fraction of sp³-hybridized carbons (Fsp3) is 0.625. The van der Waals surface area contributed by atoms with Gasteiger partial charge in [0.05, 0.1) is 5.02 Å². The highest BCUT2D eigenvalue weighted by molar-refractivity contribution is 7.98. The molecule has 19 heavy (non-hydrogen) atoms. The average Bonchev–Trinajstić information content (AvgIpc) is 2.33. The number of hydrogen-bond acceptors (Lipinski definition) is 1. The lowest BCUT2D eigenvalue weighted by Crippen LogP contribution is -2.00. The molecule has 0 nitrogen and oxygen atoms in total. The molecule has 1 atom stereocenters. The molecule has 0 aliphatic heterocycles.